The number of aliphatic hydroxyl groups is 1. The molecule has 3 atom stereocenters. The third-order valence-corrected chi connectivity index (χ3v) is 8.66. The van der Waals surface area contributed by atoms with Crippen molar-refractivity contribution in [2.75, 3.05) is 13.2 Å². The molecule has 11 heteroatoms. The van der Waals surface area contributed by atoms with Crippen molar-refractivity contribution in [2.24, 2.45) is 17.0 Å². The largest absolute Gasteiger partial charge is 0.393 e. The first-order valence-corrected chi connectivity index (χ1v) is 14.7. The Balaban J connectivity index is 1.23. The predicted octanol–water partition coefficient (Wildman–Crippen LogP) is 2.48. The number of nitrogens with zero attached hydrogens (tertiary/aromatic N) is 3. The minimum Gasteiger partial charge on any atom is -0.393 e. The van der Waals surface area contributed by atoms with E-state index in [1.165, 1.54) is 28.8 Å². The lowest BCUT2D eigenvalue weighted by molar-refractivity contribution is 0.100. The van der Waals surface area contributed by atoms with Crippen LogP contribution in [0, 0.1) is 11.8 Å². The highest BCUT2D eigenvalue weighted by molar-refractivity contribution is 7.84. The molecule has 0 spiro atoms. The summed E-state index contributed by atoms with van der Waals surface area (Å²) in [5.41, 5.74) is 4.98. The highest BCUT2D eigenvalue weighted by Crippen LogP contribution is 2.34. The Hall–Kier alpha value is -2.54. The molecular formula is C26H30N4O5S2. The van der Waals surface area contributed by atoms with Gasteiger partial charge in [0.05, 0.1) is 28.8 Å². The number of thiophene rings is 1. The lowest BCUT2D eigenvalue weighted by Crippen LogP contribution is -2.29. The van der Waals surface area contributed by atoms with Gasteiger partial charge in [0.2, 0.25) is 5.78 Å². The Kier molecular flexibility index (Phi) is 7.80. The molecule has 1 saturated carbocycles. The van der Waals surface area contributed by atoms with E-state index in [2.05, 4.69) is 43.3 Å². The van der Waals surface area contributed by atoms with Gasteiger partial charge in [0.25, 0.3) is 0 Å². The average Bonchev–Trinajstić information content (AvgIpc) is 3.48. The maximum Gasteiger partial charge on any atom is 0.333 e. The lowest BCUT2D eigenvalue weighted by atomic mass is 9.96. The molecule has 1 aliphatic heterocycles. The van der Waals surface area contributed by atoms with Crippen molar-refractivity contribution in [1.29, 1.82) is 0 Å². The van der Waals surface area contributed by atoms with Crippen LogP contribution >= 0.6 is 11.3 Å². The summed E-state index contributed by atoms with van der Waals surface area (Å²) in [5, 5.41) is 17.3. The maximum atomic E-state index is 13.4. The Bertz CT molecular complexity index is 1380. The molecule has 3 aromatic rings. The smallest absolute Gasteiger partial charge is 0.333 e. The van der Waals surface area contributed by atoms with Crippen LogP contribution in [0.4, 0.5) is 0 Å². The number of aromatic nitrogens is 2. The summed E-state index contributed by atoms with van der Waals surface area (Å²) in [6.07, 6.45) is 4.81. The van der Waals surface area contributed by atoms with Gasteiger partial charge in [0.15, 0.2) is 0 Å². The van der Waals surface area contributed by atoms with E-state index in [0.29, 0.717) is 35.4 Å². The minimum absolute atomic E-state index is 0.0337. The molecule has 5 rings (SSSR count). The molecule has 0 bridgehead atoms. The maximum absolute atomic E-state index is 13.4. The van der Waals surface area contributed by atoms with E-state index < -0.39 is 16.4 Å². The quantitative estimate of drug-likeness (QED) is 0.394. The van der Waals surface area contributed by atoms with E-state index in [1.807, 2.05) is 11.4 Å². The normalized spacial score (nSPS) is 22.2. The Labute approximate surface area is 220 Å². The molecule has 3 heterocycles. The fraction of sp³-hybridized carbons (Fsp3) is 0.423. The highest BCUT2D eigenvalue weighted by atomic mass is 32.2. The molecule has 9 nitrogen and oxygen atoms in total. The summed E-state index contributed by atoms with van der Waals surface area (Å²) in [7, 11) is -4.06. The summed E-state index contributed by atoms with van der Waals surface area (Å²) in [6, 6.07) is 10.5. The second-order valence-electron chi connectivity index (χ2n) is 9.91. The molecule has 2 aliphatic rings. The molecule has 3 N–H and O–H groups in total. The molecule has 2 aromatic heterocycles. The van der Waals surface area contributed by atoms with E-state index in [-0.39, 0.29) is 24.2 Å². The van der Waals surface area contributed by atoms with Crippen molar-refractivity contribution < 1.29 is 22.5 Å². The van der Waals surface area contributed by atoms with Crippen LogP contribution in [-0.2, 0) is 40.4 Å². The highest BCUT2D eigenvalue weighted by Gasteiger charge is 2.35. The number of carbonyl (C=O) groups is 1. The third kappa shape index (κ3) is 6.49. The minimum atomic E-state index is -4.06. The molecule has 37 heavy (non-hydrogen) atoms. The number of ketones is 1. The van der Waals surface area contributed by atoms with Gasteiger partial charge in [-0.05, 0) is 59.7 Å². The van der Waals surface area contributed by atoms with Gasteiger partial charge in [0.1, 0.15) is 6.33 Å². The van der Waals surface area contributed by atoms with Crippen molar-refractivity contribution in [1.82, 2.24) is 14.9 Å². The second-order valence-corrected chi connectivity index (χ2v) is 12.0. The first kappa shape index (κ1) is 26.1. The number of carbonyl (C=O) groups excluding carboxylic acids is 1. The number of benzene rings is 1. The van der Waals surface area contributed by atoms with Gasteiger partial charge in [-0.15, -0.1) is 11.3 Å². The molecule has 0 unspecified atom stereocenters. The summed E-state index contributed by atoms with van der Waals surface area (Å²) in [4.78, 5) is 24.9. The molecule has 1 fully saturated rings. The van der Waals surface area contributed by atoms with Crippen LogP contribution < -0.4 is 5.14 Å². The van der Waals surface area contributed by atoms with E-state index in [0.717, 1.165) is 31.6 Å². The van der Waals surface area contributed by atoms with Gasteiger partial charge in [-0.1, -0.05) is 24.3 Å². The summed E-state index contributed by atoms with van der Waals surface area (Å²) in [5.74, 6) is -0.416. The first-order valence-electron chi connectivity index (χ1n) is 12.3. The van der Waals surface area contributed by atoms with Crippen LogP contribution in [0.2, 0.25) is 0 Å². The van der Waals surface area contributed by atoms with Crippen molar-refractivity contribution in [2.45, 2.75) is 44.9 Å². The van der Waals surface area contributed by atoms with E-state index in [1.54, 1.807) is 6.20 Å². The number of fused-ring (bicyclic) bond motifs is 1. The van der Waals surface area contributed by atoms with Crippen molar-refractivity contribution in [3.05, 3.63) is 81.1 Å². The number of hydrogen-bond acceptors (Lipinski definition) is 9. The van der Waals surface area contributed by atoms with Crippen LogP contribution in [0.1, 0.15) is 50.5 Å². The number of rotatable bonds is 9. The Morgan fingerprint density at radius 1 is 1.24 bits per heavy atom. The van der Waals surface area contributed by atoms with Crippen LogP contribution in [0.15, 0.2) is 48.2 Å². The molecule has 1 aliphatic carbocycles. The van der Waals surface area contributed by atoms with Crippen LogP contribution in [0.5, 0.6) is 0 Å². The van der Waals surface area contributed by atoms with E-state index in [9.17, 15) is 18.3 Å². The SMILES string of the molecule is NS(=O)(=O)OC[C@H]1C[C@@H](Cc2ncncc2C(=O)c2cc(CN3CCc4ccccc4C3)cs2)C[C@@H]1O. The van der Waals surface area contributed by atoms with Gasteiger partial charge in [0, 0.05) is 31.7 Å². The number of aliphatic hydroxyl groups excluding tert-OH is 1. The van der Waals surface area contributed by atoms with E-state index >= 15 is 0 Å². The zero-order valence-electron chi connectivity index (χ0n) is 20.3. The Morgan fingerprint density at radius 2 is 2.05 bits per heavy atom. The molecule has 0 radical (unpaired) electrons. The van der Waals surface area contributed by atoms with Gasteiger partial charge < -0.3 is 5.11 Å². The van der Waals surface area contributed by atoms with Gasteiger partial charge in [-0.25, -0.2) is 15.1 Å². The van der Waals surface area contributed by atoms with Crippen molar-refractivity contribution >= 4 is 27.4 Å². The van der Waals surface area contributed by atoms with Crippen molar-refractivity contribution in [3.63, 3.8) is 0 Å². The fourth-order valence-electron chi connectivity index (χ4n) is 5.38. The monoisotopic (exact) mass is 542 g/mol. The molecule has 0 saturated heterocycles. The molecule has 196 valence electrons. The first-order chi connectivity index (χ1) is 17.7. The van der Waals surface area contributed by atoms with Crippen LogP contribution in [0.3, 0.4) is 0 Å². The van der Waals surface area contributed by atoms with Gasteiger partial charge in [-0.3, -0.25) is 13.9 Å². The fourth-order valence-corrected chi connectivity index (χ4v) is 6.60. The average molecular weight is 543 g/mol. The summed E-state index contributed by atoms with van der Waals surface area (Å²) >= 11 is 1.43. The summed E-state index contributed by atoms with van der Waals surface area (Å²) < 4.78 is 26.9. The van der Waals surface area contributed by atoms with E-state index in [4.69, 9.17) is 5.14 Å². The van der Waals surface area contributed by atoms with Gasteiger partial charge >= 0.3 is 10.3 Å². The third-order valence-electron chi connectivity index (χ3n) is 7.22. The van der Waals surface area contributed by atoms with Crippen molar-refractivity contribution in [3.8, 4) is 0 Å². The topological polar surface area (TPSA) is 136 Å². The summed E-state index contributed by atoms with van der Waals surface area (Å²) in [6.45, 7) is 2.52. The zero-order chi connectivity index (χ0) is 26.0. The second kappa shape index (κ2) is 11.1. The van der Waals surface area contributed by atoms with Crippen LogP contribution in [-0.4, -0.2) is 53.4 Å². The molecular weight excluding hydrogens is 512 g/mol. The number of nitrogens with two attached hydrogens (primary N) is 1. The molecule has 1 aromatic carbocycles. The lowest BCUT2D eigenvalue weighted by Gasteiger charge is -2.28. The Morgan fingerprint density at radius 3 is 2.86 bits per heavy atom. The number of hydrogen-bond donors (Lipinski definition) is 2. The van der Waals surface area contributed by atoms with Crippen LogP contribution in [0.25, 0.3) is 0 Å². The standard InChI is InChI=1S/C26H30N4O5S2/c27-37(33,34)35-14-21-7-17(9-24(21)31)8-23-22(11-28-16-29-23)26(32)25-10-18(15-36-25)12-30-6-5-19-3-1-2-4-20(19)13-30/h1-4,10-11,15-17,21,24,31H,5-9,12-14H2,(H2,27,33,34)/t17-,21+,24-/m0/s1. The zero-order valence-corrected chi connectivity index (χ0v) is 22.0. The molecule has 0 amide bonds. The predicted molar refractivity (Wildman–Crippen MR) is 139 cm³/mol. The van der Waals surface area contributed by atoms with Gasteiger partial charge in [-0.2, -0.15) is 8.42 Å².